The molecule has 9 heavy (non-hydrogen) atoms. The van der Waals surface area contributed by atoms with Gasteiger partial charge in [-0.1, -0.05) is 13.8 Å². The molecule has 0 aromatic heterocycles. The van der Waals surface area contributed by atoms with Crippen LogP contribution in [-0.2, 0) is 4.79 Å². The van der Waals surface area contributed by atoms with E-state index < -0.39 is 5.97 Å². The lowest BCUT2D eigenvalue weighted by atomic mass is 10.0. The van der Waals surface area contributed by atoms with E-state index in [1.54, 1.807) is 0 Å². The summed E-state index contributed by atoms with van der Waals surface area (Å²) in [6.45, 7) is 4.08. The zero-order valence-corrected chi connectivity index (χ0v) is 5.85. The SMILES string of the molecule is CC[C@@]1(C)C[C@@H]1C(=O)O. The van der Waals surface area contributed by atoms with E-state index in [0.717, 1.165) is 12.8 Å². The quantitative estimate of drug-likeness (QED) is 0.612. The van der Waals surface area contributed by atoms with Gasteiger partial charge in [-0.3, -0.25) is 4.79 Å². The second-order valence-corrected chi connectivity index (χ2v) is 3.10. The van der Waals surface area contributed by atoms with Crippen LogP contribution in [0.5, 0.6) is 0 Å². The van der Waals surface area contributed by atoms with Crippen molar-refractivity contribution in [3.63, 3.8) is 0 Å². The topological polar surface area (TPSA) is 37.3 Å². The molecule has 0 amide bonds. The Kier molecular flexibility index (Phi) is 1.26. The van der Waals surface area contributed by atoms with Gasteiger partial charge in [0.05, 0.1) is 5.92 Å². The molecule has 2 nitrogen and oxygen atoms in total. The van der Waals surface area contributed by atoms with E-state index in [0.29, 0.717) is 0 Å². The minimum absolute atomic E-state index is 0.0532. The average Bonchev–Trinajstić information content (AvgIpc) is 2.44. The van der Waals surface area contributed by atoms with Crippen LogP contribution in [0.25, 0.3) is 0 Å². The first-order chi connectivity index (χ1) is 4.10. The Morgan fingerprint density at radius 1 is 1.89 bits per heavy atom. The molecule has 0 aromatic rings. The van der Waals surface area contributed by atoms with Gasteiger partial charge in [-0.05, 0) is 18.3 Å². The largest absolute Gasteiger partial charge is 0.481 e. The summed E-state index contributed by atoms with van der Waals surface area (Å²) in [5, 5.41) is 8.52. The Morgan fingerprint density at radius 2 is 2.44 bits per heavy atom. The van der Waals surface area contributed by atoms with Gasteiger partial charge in [-0.2, -0.15) is 0 Å². The molecule has 0 saturated heterocycles. The predicted molar refractivity (Wildman–Crippen MR) is 34.1 cm³/mol. The summed E-state index contributed by atoms with van der Waals surface area (Å²) >= 11 is 0. The number of hydrogen-bond acceptors (Lipinski definition) is 1. The highest BCUT2D eigenvalue weighted by atomic mass is 16.4. The lowest BCUT2D eigenvalue weighted by Gasteiger charge is -2.01. The van der Waals surface area contributed by atoms with Crippen LogP contribution in [0.3, 0.4) is 0 Å². The number of aliphatic carboxylic acids is 1. The Bertz CT molecular complexity index is 142. The van der Waals surface area contributed by atoms with Gasteiger partial charge < -0.3 is 5.11 Å². The van der Waals surface area contributed by atoms with Crippen molar-refractivity contribution < 1.29 is 9.90 Å². The fraction of sp³-hybridized carbons (Fsp3) is 0.857. The van der Waals surface area contributed by atoms with Crippen LogP contribution in [-0.4, -0.2) is 11.1 Å². The molecule has 0 unspecified atom stereocenters. The molecule has 1 fully saturated rings. The van der Waals surface area contributed by atoms with E-state index in [1.807, 2.05) is 13.8 Å². The van der Waals surface area contributed by atoms with Crippen molar-refractivity contribution in [2.75, 3.05) is 0 Å². The van der Waals surface area contributed by atoms with Crippen molar-refractivity contribution in [2.45, 2.75) is 26.7 Å². The fourth-order valence-electron chi connectivity index (χ4n) is 1.18. The maximum Gasteiger partial charge on any atom is 0.307 e. The molecule has 0 spiro atoms. The third-order valence-electron chi connectivity index (χ3n) is 2.46. The highest BCUT2D eigenvalue weighted by molar-refractivity contribution is 5.74. The van der Waals surface area contributed by atoms with Gasteiger partial charge >= 0.3 is 5.97 Å². The zero-order chi connectivity index (χ0) is 7.07. The molecule has 0 radical (unpaired) electrons. The van der Waals surface area contributed by atoms with Crippen LogP contribution in [0.2, 0.25) is 0 Å². The predicted octanol–water partition coefficient (Wildman–Crippen LogP) is 1.51. The van der Waals surface area contributed by atoms with Gasteiger partial charge in [-0.15, -0.1) is 0 Å². The molecule has 0 aliphatic heterocycles. The molecule has 1 N–H and O–H groups in total. The van der Waals surface area contributed by atoms with Crippen molar-refractivity contribution in [2.24, 2.45) is 11.3 Å². The number of carboxylic acid groups (broad SMARTS) is 1. The summed E-state index contributed by atoms with van der Waals surface area (Å²) < 4.78 is 0. The fourth-order valence-corrected chi connectivity index (χ4v) is 1.18. The van der Waals surface area contributed by atoms with Crippen LogP contribution < -0.4 is 0 Å². The van der Waals surface area contributed by atoms with E-state index in [9.17, 15) is 4.79 Å². The van der Waals surface area contributed by atoms with Gasteiger partial charge in [0.15, 0.2) is 0 Å². The number of rotatable bonds is 2. The van der Waals surface area contributed by atoms with Gasteiger partial charge in [0.2, 0.25) is 0 Å². The number of carbonyl (C=O) groups is 1. The summed E-state index contributed by atoms with van der Waals surface area (Å²) in [4.78, 5) is 10.3. The molecular weight excluding hydrogens is 116 g/mol. The summed E-state index contributed by atoms with van der Waals surface area (Å²) in [6.07, 6.45) is 1.86. The number of carboxylic acids is 1. The van der Waals surface area contributed by atoms with E-state index in [4.69, 9.17) is 5.11 Å². The molecule has 1 rings (SSSR count). The van der Waals surface area contributed by atoms with Gasteiger partial charge in [0.1, 0.15) is 0 Å². The first kappa shape index (κ1) is 6.59. The molecule has 0 bridgehead atoms. The lowest BCUT2D eigenvalue weighted by molar-refractivity contribution is -0.139. The minimum Gasteiger partial charge on any atom is -0.481 e. The van der Waals surface area contributed by atoms with Crippen molar-refractivity contribution >= 4 is 5.97 Å². The molecule has 2 heteroatoms. The van der Waals surface area contributed by atoms with E-state index in [1.165, 1.54) is 0 Å². The second-order valence-electron chi connectivity index (χ2n) is 3.10. The monoisotopic (exact) mass is 128 g/mol. The van der Waals surface area contributed by atoms with Crippen molar-refractivity contribution in [1.82, 2.24) is 0 Å². The first-order valence-corrected chi connectivity index (χ1v) is 3.33. The van der Waals surface area contributed by atoms with Crippen LogP contribution >= 0.6 is 0 Å². The summed E-state index contributed by atoms with van der Waals surface area (Å²) in [6, 6.07) is 0. The van der Waals surface area contributed by atoms with E-state index in [-0.39, 0.29) is 11.3 Å². The molecule has 52 valence electrons. The third kappa shape index (κ3) is 0.934. The maximum atomic E-state index is 10.3. The molecule has 1 aliphatic carbocycles. The molecule has 1 saturated carbocycles. The van der Waals surface area contributed by atoms with Gasteiger partial charge in [0, 0.05) is 0 Å². The summed E-state index contributed by atoms with van der Waals surface area (Å²) in [7, 11) is 0. The minimum atomic E-state index is -0.626. The van der Waals surface area contributed by atoms with Gasteiger partial charge in [-0.25, -0.2) is 0 Å². The third-order valence-corrected chi connectivity index (χ3v) is 2.46. The van der Waals surface area contributed by atoms with E-state index in [2.05, 4.69) is 0 Å². The highest BCUT2D eigenvalue weighted by Crippen LogP contribution is 2.54. The first-order valence-electron chi connectivity index (χ1n) is 3.33. The summed E-state index contributed by atoms with van der Waals surface area (Å²) in [5.41, 5.74) is 0.131. The standard InChI is InChI=1S/C7H12O2/c1-3-7(2)4-5(7)6(8)9/h5H,3-4H2,1-2H3,(H,8,9)/t5-,7+/m1/s1. The normalized spacial score (nSPS) is 40.4. The van der Waals surface area contributed by atoms with Gasteiger partial charge in [0.25, 0.3) is 0 Å². The zero-order valence-electron chi connectivity index (χ0n) is 5.85. The second kappa shape index (κ2) is 1.72. The molecule has 0 aromatic carbocycles. The average molecular weight is 128 g/mol. The van der Waals surface area contributed by atoms with Crippen molar-refractivity contribution in [3.8, 4) is 0 Å². The molecular formula is C7H12O2. The van der Waals surface area contributed by atoms with Crippen molar-refractivity contribution in [3.05, 3.63) is 0 Å². The van der Waals surface area contributed by atoms with Crippen LogP contribution in [0.15, 0.2) is 0 Å². The van der Waals surface area contributed by atoms with E-state index >= 15 is 0 Å². The Hall–Kier alpha value is -0.530. The number of hydrogen-bond donors (Lipinski definition) is 1. The Labute approximate surface area is 54.9 Å². The van der Waals surface area contributed by atoms with Crippen LogP contribution in [0, 0.1) is 11.3 Å². The lowest BCUT2D eigenvalue weighted by Crippen LogP contribution is -2.05. The smallest absolute Gasteiger partial charge is 0.307 e. The molecule has 1 aliphatic rings. The summed E-state index contributed by atoms with van der Waals surface area (Å²) in [5.74, 6) is -0.679. The van der Waals surface area contributed by atoms with Crippen molar-refractivity contribution in [1.29, 1.82) is 0 Å². The molecule has 2 atom stereocenters. The maximum absolute atomic E-state index is 10.3. The molecule has 0 heterocycles. The Morgan fingerprint density at radius 3 is 2.56 bits per heavy atom. The highest BCUT2D eigenvalue weighted by Gasteiger charge is 2.53. The van der Waals surface area contributed by atoms with Crippen LogP contribution in [0.4, 0.5) is 0 Å². The van der Waals surface area contributed by atoms with Crippen LogP contribution in [0.1, 0.15) is 26.7 Å². The Balaban J connectivity index is 2.48.